The van der Waals surface area contributed by atoms with Gasteiger partial charge < -0.3 is 9.80 Å². The van der Waals surface area contributed by atoms with Crippen LogP contribution in [0.15, 0.2) is 66.7 Å². The predicted octanol–water partition coefficient (Wildman–Crippen LogP) is 19.1. The molecule has 3 heterocycles. The predicted molar refractivity (Wildman–Crippen MR) is 338 cm³/mol. The molecular weight excluding hydrogens is 948 g/mol. The number of benzene rings is 5. The van der Waals surface area contributed by atoms with E-state index in [4.69, 9.17) is 0 Å². The molecule has 6 aromatic rings. The van der Waals surface area contributed by atoms with Gasteiger partial charge in [-0.2, -0.15) is 11.3 Å². The molecule has 1 aromatic heterocycles. The Morgan fingerprint density at radius 2 is 0.883 bits per heavy atom. The smallest absolute Gasteiger partial charge is 0.264 e. The SMILES string of the molecule is Cc1cc(C)c(-c2cc3c(cc2N2c4cc5c(cc4B4c6sc7c(c6N(c6ccc8c(c6)C(C)(C)CCC8(C)C)c6cc(C(C)(C)C)cc2c64)C(C)(C)CCC7(C)C)C(C)(C)CCC5(C)C)C(C)(C)CCC3(C)C)c(C)c1. The van der Waals surface area contributed by atoms with E-state index >= 15 is 0 Å². The number of hydrogen-bond acceptors (Lipinski definition) is 3. The van der Waals surface area contributed by atoms with Crippen molar-refractivity contribution in [2.45, 2.75) is 252 Å². The van der Waals surface area contributed by atoms with Crippen LogP contribution in [-0.4, -0.2) is 6.71 Å². The fourth-order valence-corrected chi connectivity index (χ4v) is 17.8. The zero-order chi connectivity index (χ0) is 55.7. The van der Waals surface area contributed by atoms with Gasteiger partial charge in [-0.05, 0) is 235 Å². The fourth-order valence-electron chi connectivity index (χ4n) is 16.1. The highest BCUT2D eigenvalue weighted by molar-refractivity contribution is 7.29. The highest BCUT2D eigenvalue weighted by Crippen LogP contribution is 2.60. The molecule has 2 aliphatic heterocycles. The lowest BCUT2D eigenvalue weighted by Gasteiger charge is -2.49. The third-order valence-electron chi connectivity index (χ3n) is 21.6. The fraction of sp³-hybridized carbons (Fsp3) is 0.534. The standard InChI is InChI=1S/C73H93BN2S/c1-42-33-43(2)59(44(3)34-42)47-38-50-52(70(15,16)29-27-68(50,11)12)40-55(47)76-56-41-53-51(69(13,14)28-30-71(53,17)18)39-54(56)74-61-57(35-45(36-58(61)76)65(4,5)6)75(46-23-24-48-49(37-46)67(9,10)26-25-66(48,7)8)62-60-63(77-64(62)74)73(21,22)32-31-72(60,19)20/h23-24,33-41H,25-32H2,1-22H3. The van der Waals surface area contributed by atoms with Gasteiger partial charge in [-0.15, -0.1) is 0 Å². The molecule has 0 radical (unpaired) electrons. The Morgan fingerprint density at radius 1 is 0.442 bits per heavy atom. The molecule has 404 valence electrons. The van der Waals surface area contributed by atoms with Crippen molar-refractivity contribution in [3.8, 4) is 11.1 Å². The van der Waals surface area contributed by atoms with Crippen LogP contribution in [0.2, 0.25) is 0 Å². The molecule has 0 unspecified atom stereocenters. The minimum atomic E-state index is -0.132. The molecule has 4 aliphatic carbocycles. The summed E-state index contributed by atoms with van der Waals surface area (Å²) in [6.07, 6.45) is 9.47. The zero-order valence-corrected chi connectivity index (χ0v) is 52.7. The Morgan fingerprint density at radius 3 is 1.42 bits per heavy atom. The Bertz CT molecular complexity index is 3490. The van der Waals surface area contributed by atoms with Crippen molar-refractivity contribution in [2.75, 3.05) is 9.80 Å². The van der Waals surface area contributed by atoms with E-state index < -0.39 is 0 Å². The van der Waals surface area contributed by atoms with Crippen LogP contribution in [-0.2, 0) is 48.7 Å². The Labute approximate surface area is 471 Å². The summed E-state index contributed by atoms with van der Waals surface area (Å²) in [6.45, 7) is 54.9. The maximum Gasteiger partial charge on any atom is 0.264 e. The summed E-state index contributed by atoms with van der Waals surface area (Å²) in [5.41, 5.74) is 30.3. The van der Waals surface area contributed by atoms with Crippen molar-refractivity contribution in [1.29, 1.82) is 0 Å². The van der Waals surface area contributed by atoms with E-state index in [1.54, 1.807) is 20.8 Å². The molecule has 0 saturated carbocycles. The highest BCUT2D eigenvalue weighted by Gasteiger charge is 2.53. The van der Waals surface area contributed by atoms with Crippen LogP contribution in [0.1, 0.15) is 249 Å². The van der Waals surface area contributed by atoms with Gasteiger partial charge in [0.05, 0.1) is 11.4 Å². The topological polar surface area (TPSA) is 6.48 Å². The van der Waals surface area contributed by atoms with Crippen molar-refractivity contribution in [3.05, 3.63) is 133 Å². The van der Waals surface area contributed by atoms with E-state index in [2.05, 4.69) is 240 Å². The van der Waals surface area contributed by atoms with Crippen LogP contribution < -0.4 is 25.5 Å². The number of nitrogens with zero attached hydrogens (tertiary/aromatic N) is 2. The molecule has 12 rings (SSSR count). The molecule has 0 amide bonds. The largest absolute Gasteiger partial charge is 0.311 e. The van der Waals surface area contributed by atoms with Gasteiger partial charge in [-0.25, -0.2) is 0 Å². The molecule has 6 aliphatic rings. The van der Waals surface area contributed by atoms with Gasteiger partial charge in [0.2, 0.25) is 0 Å². The quantitative estimate of drug-likeness (QED) is 0.163. The highest BCUT2D eigenvalue weighted by atomic mass is 32.1. The van der Waals surface area contributed by atoms with E-state index in [-0.39, 0.29) is 55.4 Å². The van der Waals surface area contributed by atoms with E-state index in [1.807, 2.05) is 0 Å². The summed E-state index contributed by atoms with van der Waals surface area (Å²) >= 11 is 2.18. The normalized spacial score (nSPS) is 22.0. The lowest BCUT2D eigenvalue weighted by Crippen LogP contribution is -2.61. The van der Waals surface area contributed by atoms with Crippen LogP contribution in [0, 0.1) is 20.8 Å². The van der Waals surface area contributed by atoms with Crippen molar-refractivity contribution in [2.24, 2.45) is 0 Å². The average Bonchev–Trinajstić information content (AvgIpc) is 3.70. The Hall–Kier alpha value is -4.54. The van der Waals surface area contributed by atoms with Gasteiger partial charge in [0.1, 0.15) is 0 Å². The molecule has 0 saturated heterocycles. The molecule has 4 heteroatoms. The van der Waals surface area contributed by atoms with Crippen LogP contribution in [0.25, 0.3) is 11.1 Å². The zero-order valence-electron chi connectivity index (χ0n) is 51.9. The second-order valence-corrected chi connectivity index (χ2v) is 33.3. The molecule has 0 atom stereocenters. The first kappa shape index (κ1) is 53.1. The molecule has 0 spiro atoms. The van der Waals surface area contributed by atoms with Crippen molar-refractivity contribution in [3.63, 3.8) is 0 Å². The maximum absolute atomic E-state index is 2.87. The van der Waals surface area contributed by atoms with E-state index in [9.17, 15) is 0 Å². The van der Waals surface area contributed by atoms with Crippen molar-refractivity contribution >= 4 is 67.9 Å². The average molecular weight is 1040 g/mol. The summed E-state index contributed by atoms with van der Waals surface area (Å²) < 4.78 is 1.54. The number of fused-ring (bicyclic) bond motifs is 9. The maximum atomic E-state index is 2.87. The molecule has 77 heavy (non-hydrogen) atoms. The van der Waals surface area contributed by atoms with Crippen LogP contribution >= 0.6 is 11.3 Å². The molecule has 0 N–H and O–H groups in total. The number of anilines is 6. The Balaban J connectivity index is 1.29. The summed E-state index contributed by atoms with van der Waals surface area (Å²) in [4.78, 5) is 7.33. The Kier molecular flexibility index (Phi) is 11.3. The molecule has 5 aromatic carbocycles. The molecule has 0 fully saturated rings. The minimum absolute atomic E-state index is 0.00159. The number of thiophene rings is 1. The summed E-state index contributed by atoms with van der Waals surface area (Å²) in [7, 11) is 0. The van der Waals surface area contributed by atoms with Crippen molar-refractivity contribution in [1.82, 2.24) is 0 Å². The van der Waals surface area contributed by atoms with Gasteiger partial charge in [0.25, 0.3) is 6.71 Å². The first-order chi connectivity index (χ1) is 35.5. The van der Waals surface area contributed by atoms with Crippen LogP contribution in [0.5, 0.6) is 0 Å². The van der Waals surface area contributed by atoms with E-state index in [0.29, 0.717) is 0 Å². The lowest BCUT2D eigenvalue weighted by molar-refractivity contribution is 0.332. The molecule has 2 nitrogen and oxygen atoms in total. The van der Waals surface area contributed by atoms with Gasteiger partial charge in [0.15, 0.2) is 0 Å². The van der Waals surface area contributed by atoms with E-state index in [0.717, 1.165) is 0 Å². The van der Waals surface area contributed by atoms with Crippen LogP contribution in [0.3, 0.4) is 0 Å². The minimum Gasteiger partial charge on any atom is -0.311 e. The number of aryl methyl sites for hydroxylation is 3. The molecule has 0 bridgehead atoms. The third kappa shape index (κ3) is 7.79. The summed E-state index contributed by atoms with van der Waals surface area (Å²) in [5.74, 6) is 0. The third-order valence-corrected chi connectivity index (χ3v) is 23.2. The van der Waals surface area contributed by atoms with Gasteiger partial charge in [-0.1, -0.05) is 161 Å². The first-order valence-corrected chi connectivity index (χ1v) is 30.9. The summed E-state index contributed by atoms with van der Waals surface area (Å²) in [5, 5.41) is 0. The summed E-state index contributed by atoms with van der Waals surface area (Å²) in [6, 6.07) is 29.0. The van der Waals surface area contributed by atoms with Crippen LogP contribution in [0.4, 0.5) is 34.1 Å². The number of hydrogen-bond donors (Lipinski definition) is 0. The van der Waals surface area contributed by atoms with Gasteiger partial charge >= 0.3 is 0 Å². The monoisotopic (exact) mass is 1040 g/mol. The number of rotatable bonds is 3. The van der Waals surface area contributed by atoms with Gasteiger partial charge in [0, 0.05) is 38.0 Å². The van der Waals surface area contributed by atoms with E-state index in [1.165, 1.54) is 158 Å². The second-order valence-electron chi connectivity index (χ2n) is 32.2. The first-order valence-electron chi connectivity index (χ1n) is 30.1. The molecular formula is C73H93BN2S. The second kappa shape index (κ2) is 16.3. The lowest BCUT2D eigenvalue weighted by atomic mass is 9.35. The van der Waals surface area contributed by atoms with Crippen molar-refractivity contribution < 1.29 is 0 Å². The van der Waals surface area contributed by atoms with Gasteiger partial charge in [-0.3, -0.25) is 0 Å².